The molecule has 1 N–H and O–H groups in total. The van der Waals surface area contributed by atoms with Crippen molar-refractivity contribution in [2.24, 2.45) is 0 Å². The standard InChI is InChI=1S/C7H12N2O2S/c1-2-3-4-9-6(10)5(12)8-7(9)11/h5,12H,2-4H2,1H3,(H,8,11). The fraction of sp³-hybridized carbons (Fsp3) is 0.714. The Morgan fingerprint density at radius 3 is 2.67 bits per heavy atom. The minimum Gasteiger partial charge on any atom is -0.317 e. The Morgan fingerprint density at radius 1 is 1.58 bits per heavy atom. The molecule has 1 unspecified atom stereocenters. The van der Waals surface area contributed by atoms with Crippen LogP contribution in [0.2, 0.25) is 0 Å². The van der Waals surface area contributed by atoms with Crippen molar-refractivity contribution >= 4 is 24.6 Å². The predicted octanol–water partition coefficient (Wildman–Crippen LogP) is 0.594. The lowest BCUT2D eigenvalue weighted by molar-refractivity contribution is -0.125. The lowest BCUT2D eigenvalue weighted by Crippen LogP contribution is -2.31. The van der Waals surface area contributed by atoms with E-state index >= 15 is 0 Å². The Morgan fingerprint density at radius 2 is 2.25 bits per heavy atom. The van der Waals surface area contributed by atoms with E-state index in [-0.39, 0.29) is 11.9 Å². The average Bonchev–Trinajstić information content (AvgIpc) is 2.25. The Balaban J connectivity index is 2.52. The number of unbranched alkanes of at least 4 members (excludes halogenated alkanes) is 1. The molecular weight excluding hydrogens is 176 g/mol. The van der Waals surface area contributed by atoms with Crippen LogP contribution in [-0.2, 0) is 4.79 Å². The molecule has 0 aromatic rings. The summed E-state index contributed by atoms with van der Waals surface area (Å²) >= 11 is 3.90. The van der Waals surface area contributed by atoms with Crippen LogP contribution in [0.1, 0.15) is 19.8 Å². The molecule has 0 spiro atoms. The van der Waals surface area contributed by atoms with Crippen molar-refractivity contribution in [2.75, 3.05) is 6.54 Å². The first kappa shape index (κ1) is 9.38. The average molecular weight is 188 g/mol. The summed E-state index contributed by atoms with van der Waals surface area (Å²) in [5.74, 6) is -0.239. The van der Waals surface area contributed by atoms with Gasteiger partial charge in [0.1, 0.15) is 0 Å². The number of urea groups is 1. The van der Waals surface area contributed by atoms with Crippen LogP contribution in [0.4, 0.5) is 4.79 Å². The summed E-state index contributed by atoms with van der Waals surface area (Å²) in [5.41, 5.74) is 0. The van der Waals surface area contributed by atoms with Gasteiger partial charge in [0.05, 0.1) is 0 Å². The van der Waals surface area contributed by atoms with E-state index in [1.165, 1.54) is 4.90 Å². The van der Waals surface area contributed by atoms with E-state index in [4.69, 9.17) is 0 Å². The molecular formula is C7H12N2O2S. The van der Waals surface area contributed by atoms with Crippen molar-refractivity contribution < 1.29 is 9.59 Å². The van der Waals surface area contributed by atoms with Gasteiger partial charge in [0.25, 0.3) is 5.91 Å². The van der Waals surface area contributed by atoms with Crippen molar-refractivity contribution in [1.82, 2.24) is 10.2 Å². The number of nitrogens with zero attached hydrogens (tertiary/aromatic N) is 1. The van der Waals surface area contributed by atoms with E-state index in [1.807, 2.05) is 6.92 Å². The Bertz CT molecular complexity index is 208. The minimum absolute atomic E-state index is 0.239. The number of carbonyl (C=O) groups excluding carboxylic acids is 2. The summed E-state index contributed by atoms with van der Waals surface area (Å²) in [5, 5.41) is 1.78. The second-order valence-corrected chi connectivity index (χ2v) is 3.21. The second-order valence-electron chi connectivity index (χ2n) is 2.70. The molecule has 3 amide bonds. The second kappa shape index (κ2) is 3.80. The summed E-state index contributed by atoms with van der Waals surface area (Å²) in [4.78, 5) is 23.4. The van der Waals surface area contributed by atoms with Gasteiger partial charge in [-0.1, -0.05) is 13.3 Å². The fourth-order valence-corrected chi connectivity index (χ4v) is 1.28. The molecule has 0 aromatic carbocycles. The van der Waals surface area contributed by atoms with Gasteiger partial charge in [-0.2, -0.15) is 0 Å². The number of hydrogen-bond acceptors (Lipinski definition) is 3. The summed E-state index contributed by atoms with van der Waals surface area (Å²) in [6.45, 7) is 2.51. The number of rotatable bonds is 3. The lowest BCUT2D eigenvalue weighted by Gasteiger charge is -2.10. The third-order valence-corrected chi connectivity index (χ3v) is 2.09. The summed E-state index contributed by atoms with van der Waals surface area (Å²) < 4.78 is 0. The molecule has 1 rings (SSSR count). The molecule has 68 valence electrons. The number of hydrogen-bond donors (Lipinski definition) is 2. The number of thiol groups is 1. The number of imide groups is 1. The molecule has 1 saturated heterocycles. The van der Waals surface area contributed by atoms with E-state index in [0.717, 1.165) is 12.8 Å². The molecule has 12 heavy (non-hydrogen) atoms. The van der Waals surface area contributed by atoms with Crippen LogP contribution >= 0.6 is 12.6 Å². The normalized spacial score (nSPS) is 23.2. The molecule has 0 aromatic heterocycles. The van der Waals surface area contributed by atoms with Crippen LogP contribution in [0.3, 0.4) is 0 Å². The first-order valence-corrected chi connectivity index (χ1v) is 4.48. The highest BCUT2D eigenvalue weighted by molar-refractivity contribution is 7.81. The van der Waals surface area contributed by atoms with Crippen LogP contribution in [-0.4, -0.2) is 28.8 Å². The molecule has 4 nitrogen and oxygen atoms in total. The number of amides is 3. The molecule has 0 aliphatic carbocycles. The zero-order valence-corrected chi connectivity index (χ0v) is 7.80. The highest BCUT2D eigenvalue weighted by atomic mass is 32.1. The third-order valence-electron chi connectivity index (χ3n) is 1.74. The van der Waals surface area contributed by atoms with E-state index in [2.05, 4.69) is 17.9 Å². The SMILES string of the molecule is CCCCN1C(=O)NC(S)C1=O. The van der Waals surface area contributed by atoms with Crippen molar-refractivity contribution in [3.8, 4) is 0 Å². The van der Waals surface area contributed by atoms with Gasteiger partial charge in [0.15, 0.2) is 5.37 Å². The summed E-state index contributed by atoms with van der Waals surface area (Å²) in [7, 11) is 0. The Kier molecular flexibility index (Phi) is 2.97. The van der Waals surface area contributed by atoms with Crippen molar-refractivity contribution in [3.05, 3.63) is 0 Å². The fourth-order valence-electron chi connectivity index (χ4n) is 1.03. The highest BCUT2D eigenvalue weighted by Crippen LogP contribution is 2.09. The van der Waals surface area contributed by atoms with Gasteiger partial charge in [-0.25, -0.2) is 4.79 Å². The Labute approximate surface area is 76.7 Å². The monoisotopic (exact) mass is 188 g/mol. The maximum Gasteiger partial charge on any atom is 0.325 e. The summed E-state index contributed by atoms with van der Waals surface area (Å²) in [6, 6.07) is -0.326. The van der Waals surface area contributed by atoms with E-state index < -0.39 is 5.37 Å². The third kappa shape index (κ3) is 1.72. The molecule has 1 aliphatic heterocycles. The van der Waals surface area contributed by atoms with E-state index in [0.29, 0.717) is 6.54 Å². The lowest BCUT2D eigenvalue weighted by atomic mass is 10.3. The zero-order valence-electron chi connectivity index (χ0n) is 6.91. The van der Waals surface area contributed by atoms with Gasteiger partial charge < -0.3 is 5.32 Å². The van der Waals surface area contributed by atoms with Gasteiger partial charge in [-0.15, -0.1) is 12.6 Å². The van der Waals surface area contributed by atoms with Gasteiger partial charge in [-0.05, 0) is 6.42 Å². The molecule has 0 saturated carbocycles. The maximum absolute atomic E-state index is 11.2. The molecule has 0 bridgehead atoms. The topological polar surface area (TPSA) is 49.4 Å². The molecule has 5 heteroatoms. The van der Waals surface area contributed by atoms with Crippen molar-refractivity contribution in [1.29, 1.82) is 0 Å². The molecule has 1 heterocycles. The van der Waals surface area contributed by atoms with Gasteiger partial charge in [0, 0.05) is 6.54 Å². The Hall–Kier alpha value is -0.710. The smallest absolute Gasteiger partial charge is 0.317 e. The molecule has 0 radical (unpaired) electrons. The van der Waals surface area contributed by atoms with E-state index in [9.17, 15) is 9.59 Å². The first-order chi connectivity index (χ1) is 5.66. The summed E-state index contributed by atoms with van der Waals surface area (Å²) in [6.07, 6.45) is 1.81. The number of nitrogens with one attached hydrogen (secondary N) is 1. The number of carbonyl (C=O) groups is 2. The quantitative estimate of drug-likeness (QED) is 0.503. The maximum atomic E-state index is 11.2. The minimum atomic E-state index is -0.644. The van der Waals surface area contributed by atoms with Crippen LogP contribution < -0.4 is 5.32 Å². The molecule has 1 fully saturated rings. The zero-order chi connectivity index (χ0) is 9.14. The van der Waals surface area contributed by atoms with Gasteiger partial charge in [0.2, 0.25) is 0 Å². The predicted molar refractivity (Wildman–Crippen MR) is 47.9 cm³/mol. The highest BCUT2D eigenvalue weighted by Gasteiger charge is 2.34. The largest absolute Gasteiger partial charge is 0.325 e. The van der Waals surface area contributed by atoms with Crippen LogP contribution in [0.5, 0.6) is 0 Å². The molecule has 1 aliphatic rings. The first-order valence-electron chi connectivity index (χ1n) is 3.96. The van der Waals surface area contributed by atoms with Gasteiger partial charge >= 0.3 is 6.03 Å². The van der Waals surface area contributed by atoms with Crippen LogP contribution in [0.25, 0.3) is 0 Å². The van der Waals surface area contributed by atoms with Crippen LogP contribution in [0.15, 0.2) is 0 Å². The van der Waals surface area contributed by atoms with E-state index in [1.54, 1.807) is 0 Å². The van der Waals surface area contributed by atoms with Gasteiger partial charge in [-0.3, -0.25) is 9.69 Å². The molecule has 1 atom stereocenters. The van der Waals surface area contributed by atoms with Crippen molar-refractivity contribution in [2.45, 2.75) is 25.1 Å². The van der Waals surface area contributed by atoms with Crippen molar-refractivity contribution in [3.63, 3.8) is 0 Å². The van der Waals surface area contributed by atoms with Crippen LogP contribution in [0, 0.1) is 0 Å².